The van der Waals surface area contributed by atoms with Crippen molar-refractivity contribution in [2.24, 2.45) is 0 Å². The lowest BCUT2D eigenvalue weighted by Crippen LogP contribution is -2.17. The number of hydrogen-bond donors (Lipinski definition) is 2. The second kappa shape index (κ2) is 5.61. The average Bonchev–Trinajstić information content (AvgIpc) is 2.37. The fraction of sp³-hybridized carbons (Fsp3) is 0.200. The van der Waals surface area contributed by atoms with Gasteiger partial charge in [-0.15, -0.1) is 0 Å². The van der Waals surface area contributed by atoms with Gasteiger partial charge >= 0.3 is 0 Å². The maximum absolute atomic E-state index is 12.3. The Morgan fingerprint density at radius 3 is 2.60 bits per heavy atom. The first kappa shape index (κ1) is 13.9. The van der Waals surface area contributed by atoms with E-state index in [0.717, 1.165) is 17.1 Å². The molecule has 0 saturated carbocycles. The number of para-hydroxylation sites is 2. The highest BCUT2D eigenvalue weighted by Crippen LogP contribution is 2.24. The molecule has 2 aromatic rings. The van der Waals surface area contributed by atoms with Crippen molar-refractivity contribution >= 4 is 23.1 Å². The van der Waals surface area contributed by atoms with Crippen LogP contribution in [0.15, 0.2) is 36.4 Å². The van der Waals surface area contributed by atoms with Crippen LogP contribution in [-0.2, 0) is 0 Å². The number of aryl methyl sites for hydroxylation is 1. The molecule has 0 aliphatic heterocycles. The molecule has 1 aromatic heterocycles. The minimum Gasteiger partial charge on any atom is -0.384 e. The highest BCUT2D eigenvalue weighted by molar-refractivity contribution is 6.06. The Kier molecular flexibility index (Phi) is 3.89. The first-order valence-electron chi connectivity index (χ1n) is 6.29. The molecule has 104 valence electrons. The lowest BCUT2D eigenvalue weighted by molar-refractivity contribution is 0.102. The Balaban J connectivity index is 2.28. The molecule has 0 spiro atoms. The zero-order valence-electron chi connectivity index (χ0n) is 11.8. The van der Waals surface area contributed by atoms with Crippen LogP contribution in [0.5, 0.6) is 0 Å². The number of amides is 1. The number of benzene rings is 1. The Morgan fingerprint density at radius 1 is 1.25 bits per heavy atom. The molecule has 1 heterocycles. The molecule has 0 aliphatic carbocycles. The van der Waals surface area contributed by atoms with E-state index in [1.165, 1.54) is 0 Å². The number of carbonyl (C=O) groups is 1. The van der Waals surface area contributed by atoms with E-state index in [-0.39, 0.29) is 5.91 Å². The van der Waals surface area contributed by atoms with E-state index >= 15 is 0 Å². The van der Waals surface area contributed by atoms with Gasteiger partial charge in [0.25, 0.3) is 5.91 Å². The molecule has 0 saturated heterocycles. The number of nitrogen functional groups attached to an aromatic ring is 1. The van der Waals surface area contributed by atoms with Crippen molar-refractivity contribution in [1.82, 2.24) is 4.98 Å². The molecule has 20 heavy (non-hydrogen) atoms. The maximum atomic E-state index is 12.3. The van der Waals surface area contributed by atoms with Crippen molar-refractivity contribution in [1.29, 1.82) is 0 Å². The molecular weight excluding hydrogens is 252 g/mol. The van der Waals surface area contributed by atoms with Gasteiger partial charge < -0.3 is 16.0 Å². The minimum atomic E-state index is -0.198. The number of carbonyl (C=O) groups excluding carboxylic acids is 1. The van der Waals surface area contributed by atoms with Crippen LogP contribution >= 0.6 is 0 Å². The molecule has 0 atom stereocenters. The topological polar surface area (TPSA) is 71.2 Å². The van der Waals surface area contributed by atoms with Gasteiger partial charge in [-0.2, -0.15) is 0 Å². The average molecular weight is 270 g/mol. The zero-order chi connectivity index (χ0) is 14.7. The largest absolute Gasteiger partial charge is 0.384 e. The monoisotopic (exact) mass is 270 g/mol. The number of hydrogen-bond acceptors (Lipinski definition) is 4. The van der Waals surface area contributed by atoms with Gasteiger partial charge in [0.05, 0.1) is 11.4 Å². The lowest BCUT2D eigenvalue weighted by atomic mass is 10.2. The van der Waals surface area contributed by atoms with Crippen LogP contribution < -0.4 is 16.0 Å². The van der Waals surface area contributed by atoms with Gasteiger partial charge in [-0.1, -0.05) is 12.1 Å². The van der Waals surface area contributed by atoms with E-state index in [1.54, 1.807) is 19.1 Å². The standard InChI is InChI=1S/C15H18N4O/c1-10-8-11(9-14(16)17-10)15(20)18-12-6-4-5-7-13(12)19(2)3/h4-9H,1-3H3,(H2,16,17)(H,18,20). The van der Waals surface area contributed by atoms with Gasteiger partial charge in [0.2, 0.25) is 0 Å². The fourth-order valence-electron chi connectivity index (χ4n) is 1.99. The summed E-state index contributed by atoms with van der Waals surface area (Å²) in [5.74, 6) is 0.146. The van der Waals surface area contributed by atoms with E-state index < -0.39 is 0 Å². The van der Waals surface area contributed by atoms with Crippen molar-refractivity contribution in [3.05, 3.63) is 47.7 Å². The van der Waals surface area contributed by atoms with Gasteiger partial charge in [0, 0.05) is 25.4 Å². The fourth-order valence-corrected chi connectivity index (χ4v) is 1.99. The molecule has 1 aromatic carbocycles. The summed E-state index contributed by atoms with van der Waals surface area (Å²) < 4.78 is 0. The lowest BCUT2D eigenvalue weighted by Gasteiger charge is -2.17. The molecule has 1 amide bonds. The van der Waals surface area contributed by atoms with Crippen LogP contribution in [0.1, 0.15) is 16.1 Å². The third-order valence-electron chi connectivity index (χ3n) is 2.87. The zero-order valence-corrected chi connectivity index (χ0v) is 11.8. The predicted molar refractivity (Wildman–Crippen MR) is 82.1 cm³/mol. The number of nitrogens with two attached hydrogens (primary N) is 1. The van der Waals surface area contributed by atoms with E-state index in [9.17, 15) is 4.79 Å². The summed E-state index contributed by atoms with van der Waals surface area (Å²) in [6.45, 7) is 1.81. The number of anilines is 3. The first-order valence-corrected chi connectivity index (χ1v) is 6.29. The minimum absolute atomic E-state index is 0.198. The number of aromatic nitrogens is 1. The summed E-state index contributed by atoms with van der Waals surface area (Å²) >= 11 is 0. The first-order chi connectivity index (χ1) is 9.47. The molecule has 5 nitrogen and oxygen atoms in total. The summed E-state index contributed by atoms with van der Waals surface area (Å²) in [7, 11) is 3.86. The van der Waals surface area contributed by atoms with Crippen molar-refractivity contribution in [3.8, 4) is 0 Å². The van der Waals surface area contributed by atoms with Crippen LogP contribution in [0.3, 0.4) is 0 Å². The molecule has 0 fully saturated rings. The smallest absolute Gasteiger partial charge is 0.255 e. The van der Waals surface area contributed by atoms with Crippen LogP contribution in [0.4, 0.5) is 17.2 Å². The molecule has 0 radical (unpaired) electrons. The molecule has 5 heteroatoms. The number of rotatable bonds is 3. The summed E-state index contributed by atoms with van der Waals surface area (Å²) in [5, 5.41) is 2.90. The van der Waals surface area contributed by atoms with Crippen molar-refractivity contribution in [2.75, 3.05) is 30.0 Å². The van der Waals surface area contributed by atoms with Crippen LogP contribution in [0.25, 0.3) is 0 Å². The third kappa shape index (κ3) is 3.06. The molecule has 0 bridgehead atoms. The van der Waals surface area contributed by atoms with E-state index in [4.69, 9.17) is 5.73 Å². The van der Waals surface area contributed by atoms with E-state index in [1.807, 2.05) is 43.3 Å². The molecule has 2 rings (SSSR count). The molecule has 0 aliphatic rings. The summed E-state index contributed by atoms with van der Waals surface area (Å²) in [6, 6.07) is 10.9. The molecule has 3 N–H and O–H groups in total. The molecular formula is C15H18N4O. The highest BCUT2D eigenvalue weighted by Gasteiger charge is 2.11. The van der Waals surface area contributed by atoms with Gasteiger partial charge in [0.15, 0.2) is 0 Å². The van der Waals surface area contributed by atoms with E-state index in [2.05, 4.69) is 10.3 Å². The number of nitrogens with zero attached hydrogens (tertiary/aromatic N) is 2. The Labute approximate surface area is 118 Å². The highest BCUT2D eigenvalue weighted by atomic mass is 16.1. The summed E-state index contributed by atoms with van der Waals surface area (Å²) in [5.41, 5.74) is 8.60. The summed E-state index contributed by atoms with van der Waals surface area (Å²) in [4.78, 5) is 18.3. The summed E-state index contributed by atoms with van der Waals surface area (Å²) in [6.07, 6.45) is 0. The number of pyridine rings is 1. The quantitative estimate of drug-likeness (QED) is 0.897. The van der Waals surface area contributed by atoms with Gasteiger partial charge in [0.1, 0.15) is 5.82 Å². The van der Waals surface area contributed by atoms with Gasteiger partial charge in [-0.25, -0.2) is 4.98 Å². The third-order valence-corrected chi connectivity index (χ3v) is 2.87. The van der Waals surface area contributed by atoms with Gasteiger partial charge in [-0.3, -0.25) is 4.79 Å². The van der Waals surface area contributed by atoms with Crippen LogP contribution in [-0.4, -0.2) is 25.0 Å². The normalized spacial score (nSPS) is 10.2. The van der Waals surface area contributed by atoms with Gasteiger partial charge in [-0.05, 0) is 31.2 Å². The predicted octanol–water partition coefficient (Wildman–Crippen LogP) is 2.29. The van der Waals surface area contributed by atoms with Crippen molar-refractivity contribution in [3.63, 3.8) is 0 Å². The van der Waals surface area contributed by atoms with Crippen molar-refractivity contribution in [2.45, 2.75) is 6.92 Å². The SMILES string of the molecule is Cc1cc(C(=O)Nc2ccccc2N(C)C)cc(N)n1. The maximum Gasteiger partial charge on any atom is 0.255 e. The second-order valence-corrected chi connectivity index (χ2v) is 4.79. The van der Waals surface area contributed by atoms with E-state index in [0.29, 0.717) is 11.4 Å². The van der Waals surface area contributed by atoms with Crippen LogP contribution in [0, 0.1) is 6.92 Å². The Hall–Kier alpha value is -2.56. The van der Waals surface area contributed by atoms with Crippen molar-refractivity contribution < 1.29 is 4.79 Å². The Morgan fingerprint density at radius 2 is 1.95 bits per heavy atom. The Bertz CT molecular complexity index is 617. The number of nitrogens with one attached hydrogen (secondary N) is 1. The van der Waals surface area contributed by atoms with Crippen LogP contribution in [0.2, 0.25) is 0 Å². The second-order valence-electron chi connectivity index (χ2n) is 4.79. The molecule has 0 unspecified atom stereocenters.